The van der Waals surface area contributed by atoms with Crippen molar-refractivity contribution in [3.8, 4) is 0 Å². The van der Waals surface area contributed by atoms with Crippen molar-refractivity contribution in [1.29, 1.82) is 0 Å². The van der Waals surface area contributed by atoms with Gasteiger partial charge in [-0.15, -0.1) is 11.3 Å². The quantitative estimate of drug-likeness (QED) is 0.781. The zero-order chi connectivity index (χ0) is 14.6. The van der Waals surface area contributed by atoms with Gasteiger partial charge >= 0.3 is 0 Å². The van der Waals surface area contributed by atoms with Crippen LogP contribution in [0.4, 0.5) is 0 Å². The van der Waals surface area contributed by atoms with Gasteiger partial charge in [0.2, 0.25) is 0 Å². The Morgan fingerprint density at radius 3 is 2.30 bits per heavy atom. The van der Waals surface area contributed by atoms with Crippen LogP contribution in [0.2, 0.25) is 0 Å². The molecule has 114 valence electrons. The van der Waals surface area contributed by atoms with Crippen molar-refractivity contribution in [2.24, 2.45) is 17.3 Å². The Labute approximate surface area is 129 Å². The zero-order valence-electron chi connectivity index (χ0n) is 13.7. The molecule has 2 rings (SSSR count). The highest BCUT2D eigenvalue weighted by molar-refractivity contribution is 7.11. The summed E-state index contributed by atoms with van der Waals surface area (Å²) in [6.45, 7) is 11.7. The molecular weight excluding hydrogens is 262 g/mol. The van der Waals surface area contributed by atoms with Gasteiger partial charge in [0, 0.05) is 16.3 Å². The topological polar surface area (TPSA) is 12.0 Å². The van der Waals surface area contributed by atoms with E-state index in [1.54, 1.807) is 0 Å². The number of hydrogen-bond donors (Lipinski definition) is 1. The number of nitrogens with one attached hydrogen (secondary N) is 1. The number of thiophene rings is 1. The van der Waals surface area contributed by atoms with Crippen molar-refractivity contribution in [3.05, 3.63) is 21.9 Å². The Morgan fingerprint density at radius 2 is 1.75 bits per heavy atom. The zero-order valence-corrected chi connectivity index (χ0v) is 14.5. The summed E-state index contributed by atoms with van der Waals surface area (Å²) in [7, 11) is 0. The first kappa shape index (κ1) is 16.0. The molecule has 0 saturated heterocycles. The first-order valence-corrected chi connectivity index (χ1v) is 9.09. The standard InChI is InChI=1S/C18H31NS/c1-5-16-10-11-17(20-16)13-19-12-14-6-8-15(9-7-14)18(2,3)4/h10-11,14-15,19H,5-9,12-13H2,1-4H3. The second-order valence-electron chi connectivity index (χ2n) is 7.44. The van der Waals surface area contributed by atoms with Crippen LogP contribution >= 0.6 is 11.3 Å². The van der Waals surface area contributed by atoms with E-state index in [9.17, 15) is 0 Å². The van der Waals surface area contributed by atoms with Gasteiger partial charge in [-0.25, -0.2) is 0 Å². The van der Waals surface area contributed by atoms with E-state index in [-0.39, 0.29) is 0 Å². The van der Waals surface area contributed by atoms with Gasteiger partial charge in [-0.1, -0.05) is 27.7 Å². The van der Waals surface area contributed by atoms with Gasteiger partial charge in [0.1, 0.15) is 0 Å². The Balaban J connectivity index is 1.66. The molecule has 0 atom stereocenters. The number of aryl methyl sites for hydroxylation is 1. The number of hydrogen-bond acceptors (Lipinski definition) is 2. The van der Waals surface area contributed by atoms with Gasteiger partial charge in [0.05, 0.1) is 0 Å². The maximum absolute atomic E-state index is 3.67. The Hall–Kier alpha value is -0.340. The molecule has 0 unspecified atom stereocenters. The molecule has 0 aliphatic heterocycles. The first-order chi connectivity index (χ1) is 9.49. The minimum absolute atomic E-state index is 0.506. The van der Waals surface area contributed by atoms with E-state index < -0.39 is 0 Å². The lowest BCUT2D eigenvalue weighted by Gasteiger charge is -2.37. The lowest BCUT2D eigenvalue weighted by molar-refractivity contribution is 0.149. The molecule has 1 aliphatic rings. The Bertz CT molecular complexity index is 394. The summed E-state index contributed by atoms with van der Waals surface area (Å²) in [5, 5.41) is 3.67. The van der Waals surface area contributed by atoms with Crippen LogP contribution in [0, 0.1) is 17.3 Å². The van der Waals surface area contributed by atoms with E-state index >= 15 is 0 Å². The molecule has 0 radical (unpaired) electrons. The molecule has 1 fully saturated rings. The van der Waals surface area contributed by atoms with E-state index in [4.69, 9.17) is 0 Å². The second-order valence-corrected chi connectivity index (χ2v) is 8.69. The molecule has 0 aromatic carbocycles. The smallest absolute Gasteiger partial charge is 0.0299 e. The third-order valence-corrected chi connectivity index (χ3v) is 6.10. The Kier molecular flexibility index (Phi) is 5.68. The van der Waals surface area contributed by atoms with Crippen molar-refractivity contribution in [2.45, 2.75) is 66.3 Å². The van der Waals surface area contributed by atoms with Gasteiger partial charge in [-0.3, -0.25) is 0 Å². The summed E-state index contributed by atoms with van der Waals surface area (Å²) in [6, 6.07) is 4.56. The summed E-state index contributed by atoms with van der Waals surface area (Å²) in [6.07, 6.45) is 6.85. The lowest BCUT2D eigenvalue weighted by atomic mass is 9.70. The van der Waals surface area contributed by atoms with Gasteiger partial charge in [0.15, 0.2) is 0 Å². The van der Waals surface area contributed by atoms with Crippen molar-refractivity contribution in [3.63, 3.8) is 0 Å². The second kappa shape index (κ2) is 7.09. The molecule has 0 bridgehead atoms. The molecule has 0 amide bonds. The first-order valence-electron chi connectivity index (χ1n) is 8.27. The van der Waals surface area contributed by atoms with Crippen LogP contribution in [-0.4, -0.2) is 6.54 Å². The summed E-state index contributed by atoms with van der Waals surface area (Å²) >= 11 is 1.96. The molecule has 1 aromatic heterocycles. The highest BCUT2D eigenvalue weighted by atomic mass is 32.1. The fraction of sp³-hybridized carbons (Fsp3) is 0.778. The third kappa shape index (κ3) is 4.60. The van der Waals surface area contributed by atoms with Crippen molar-refractivity contribution in [1.82, 2.24) is 5.32 Å². The van der Waals surface area contributed by atoms with Crippen LogP contribution in [0.25, 0.3) is 0 Å². The molecular formula is C18H31NS. The fourth-order valence-corrected chi connectivity index (χ4v) is 4.27. The molecule has 1 saturated carbocycles. The van der Waals surface area contributed by atoms with Crippen LogP contribution in [0.15, 0.2) is 12.1 Å². The maximum atomic E-state index is 3.67. The third-order valence-electron chi connectivity index (χ3n) is 4.87. The summed E-state index contributed by atoms with van der Waals surface area (Å²) in [4.78, 5) is 3.00. The highest BCUT2D eigenvalue weighted by Crippen LogP contribution is 2.39. The van der Waals surface area contributed by atoms with E-state index in [0.29, 0.717) is 5.41 Å². The van der Waals surface area contributed by atoms with Gasteiger partial charge < -0.3 is 5.32 Å². The summed E-state index contributed by atoms with van der Waals surface area (Å²) < 4.78 is 0. The van der Waals surface area contributed by atoms with Gasteiger partial charge in [-0.2, -0.15) is 0 Å². The highest BCUT2D eigenvalue weighted by Gasteiger charge is 2.29. The van der Waals surface area contributed by atoms with Crippen LogP contribution in [0.3, 0.4) is 0 Å². The van der Waals surface area contributed by atoms with Crippen LogP contribution in [0.5, 0.6) is 0 Å². The fourth-order valence-electron chi connectivity index (χ4n) is 3.34. The summed E-state index contributed by atoms with van der Waals surface area (Å²) in [5.41, 5.74) is 0.506. The predicted octanol–water partition coefficient (Wildman–Crippen LogP) is 5.25. The van der Waals surface area contributed by atoms with Crippen LogP contribution in [-0.2, 0) is 13.0 Å². The Morgan fingerprint density at radius 1 is 1.10 bits per heavy atom. The van der Waals surface area contributed by atoms with Crippen LogP contribution < -0.4 is 5.32 Å². The molecule has 1 aromatic rings. The SMILES string of the molecule is CCc1ccc(CNCC2CCC(C(C)(C)C)CC2)s1. The molecule has 1 N–H and O–H groups in total. The van der Waals surface area contributed by atoms with E-state index in [0.717, 1.165) is 18.4 Å². The van der Waals surface area contributed by atoms with Gasteiger partial charge in [0.25, 0.3) is 0 Å². The van der Waals surface area contributed by atoms with Gasteiger partial charge in [-0.05, 0) is 68.0 Å². The number of rotatable bonds is 5. The average molecular weight is 294 g/mol. The molecule has 0 spiro atoms. The molecule has 1 aliphatic carbocycles. The molecule has 1 heterocycles. The van der Waals surface area contributed by atoms with E-state index in [1.807, 2.05) is 11.3 Å². The minimum Gasteiger partial charge on any atom is -0.312 e. The average Bonchev–Trinajstić information content (AvgIpc) is 2.86. The normalized spacial score (nSPS) is 24.0. The molecule has 2 heteroatoms. The molecule has 20 heavy (non-hydrogen) atoms. The van der Waals surface area contributed by atoms with E-state index in [2.05, 4.69) is 45.1 Å². The van der Waals surface area contributed by atoms with E-state index in [1.165, 1.54) is 48.4 Å². The largest absolute Gasteiger partial charge is 0.312 e. The van der Waals surface area contributed by atoms with Crippen LogP contribution in [0.1, 0.15) is 63.1 Å². The minimum atomic E-state index is 0.506. The molecule has 1 nitrogen and oxygen atoms in total. The van der Waals surface area contributed by atoms with Crippen molar-refractivity contribution >= 4 is 11.3 Å². The van der Waals surface area contributed by atoms with Crippen molar-refractivity contribution < 1.29 is 0 Å². The summed E-state index contributed by atoms with van der Waals surface area (Å²) in [5.74, 6) is 1.84. The predicted molar refractivity (Wildman–Crippen MR) is 90.3 cm³/mol. The maximum Gasteiger partial charge on any atom is 0.0299 e. The van der Waals surface area contributed by atoms with Crippen molar-refractivity contribution in [2.75, 3.05) is 6.54 Å². The lowest BCUT2D eigenvalue weighted by Crippen LogP contribution is -2.30. The monoisotopic (exact) mass is 293 g/mol.